The third kappa shape index (κ3) is 5.44. The number of aromatic nitrogens is 2. The lowest BCUT2D eigenvalue weighted by atomic mass is 10.2. The lowest BCUT2D eigenvalue weighted by Crippen LogP contribution is -2.20. The normalized spacial score (nSPS) is 10.6. The molecule has 2 N–H and O–H groups in total. The summed E-state index contributed by atoms with van der Waals surface area (Å²) < 4.78 is 6.20. The van der Waals surface area contributed by atoms with Crippen molar-refractivity contribution in [2.45, 2.75) is 17.6 Å². The summed E-state index contributed by atoms with van der Waals surface area (Å²) in [5.41, 5.74) is 3.66. The lowest BCUT2D eigenvalue weighted by molar-refractivity contribution is 0.0600. The quantitative estimate of drug-likeness (QED) is 0.310. The van der Waals surface area contributed by atoms with Crippen molar-refractivity contribution in [3.63, 3.8) is 0 Å². The molecule has 0 unspecified atom stereocenters. The molecule has 0 atom stereocenters. The van der Waals surface area contributed by atoms with Crippen LogP contribution in [0.5, 0.6) is 0 Å². The molecule has 2 aromatic heterocycles. The van der Waals surface area contributed by atoms with E-state index >= 15 is 0 Å². The Kier molecular flexibility index (Phi) is 6.93. The second-order valence-corrected chi connectivity index (χ2v) is 8.47. The Labute approximate surface area is 200 Å². The molecule has 0 aliphatic rings. The number of anilines is 2. The standard InChI is InChI=1S/C25H22N4O4S/c1-16-7-12-22-26-19(13-23(30)29(22)14-16)15-34-21-6-4-3-5-20(21)28-25(32)27-18-10-8-17(9-11-18)24(31)33-2/h3-14H,15H2,1-2H3,(H2,27,28,32). The molecule has 0 radical (unpaired) electrons. The fourth-order valence-electron chi connectivity index (χ4n) is 3.27. The number of fused-ring (bicyclic) bond motifs is 1. The van der Waals surface area contributed by atoms with Crippen LogP contribution in [0, 0.1) is 6.92 Å². The molecule has 0 aliphatic carbocycles. The second-order valence-electron chi connectivity index (χ2n) is 7.45. The van der Waals surface area contributed by atoms with Gasteiger partial charge in [0.05, 0.1) is 24.1 Å². The van der Waals surface area contributed by atoms with Crippen LogP contribution in [0.25, 0.3) is 5.65 Å². The number of para-hydroxylation sites is 1. The molecule has 4 aromatic rings. The number of ether oxygens (including phenoxy) is 1. The van der Waals surface area contributed by atoms with Crippen LogP contribution in [0.4, 0.5) is 16.2 Å². The van der Waals surface area contributed by atoms with Gasteiger partial charge in [0.2, 0.25) is 0 Å². The first-order chi connectivity index (χ1) is 16.4. The Balaban J connectivity index is 1.43. The zero-order valence-electron chi connectivity index (χ0n) is 18.6. The minimum atomic E-state index is -0.444. The maximum atomic E-state index is 12.5. The smallest absolute Gasteiger partial charge is 0.337 e. The number of hydrogen-bond acceptors (Lipinski definition) is 6. The zero-order valence-corrected chi connectivity index (χ0v) is 19.4. The maximum Gasteiger partial charge on any atom is 0.337 e. The number of hydrogen-bond donors (Lipinski definition) is 2. The van der Waals surface area contributed by atoms with Gasteiger partial charge in [-0.3, -0.25) is 9.20 Å². The number of esters is 1. The first-order valence-electron chi connectivity index (χ1n) is 10.4. The van der Waals surface area contributed by atoms with E-state index in [4.69, 9.17) is 0 Å². The summed E-state index contributed by atoms with van der Waals surface area (Å²) in [6.07, 6.45) is 1.77. The first-order valence-corrected chi connectivity index (χ1v) is 11.4. The Bertz CT molecular complexity index is 1420. The van der Waals surface area contributed by atoms with Crippen LogP contribution in [-0.2, 0) is 10.5 Å². The van der Waals surface area contributed by atoms with Gasteiger partial charge in [-0.25, -0.2) is 14.6 Å². The largest absolute Gasteiger partial charge is 0.465 e. The van der Waals surface area contributed by atoms with Crippen LogP contribution in [0.1, 0.15) is 21.6 Å². The molecule has 0 spiro atoms. The number of aryl methyl sites for hydroxylation is 1. The molecule has 0 bridgehead atoms. The van der Waals surface area contributed by atoms with Crippen LogP contribution in [0.15, 0.2) is 82.6 Å². The molecule has 0 fully saturated rings. The second kappa shape index (κ2) is 10.2. The highest BCUT2D eigenvalue weighted by Gasteiger charge is 2.10. The van der Waals surface area contributed by atoms with E-state index in [9.17, 15) is 14.4 Å². The Morgan fingerprint density at radius 1 is 1.03 bits per heavy atom. The van der Waals surface area contributed by atoms with Gasteiger partial charge in [-0.2, -0.15) is 0 Å². The molecule has 0 aliphatic heterocycles. The Hall–Kier alpha value is -4.11. The van der Waals surface area contributed by atoms with Crippen molar-refractivity contribution in [3.05, 3.63) is 100 Å². The number of carbonyl (C=O) groups is 2. The molecule has 0 saturated carbocycles. The topological polar surface area (TPSA) is 102 Å². The number of nitrogens with one attached hydrogen (secondary N) is 2. The van der Waals surface area contributed by atoms with Gasteiger partial charge in [0.15, 0.2) is 0 Å². The van der Waals surface area contributed by atoms with Crippen molar-refractivity contribution in [1.29, 1.82) is 0 Å². The van der Waals surface area contributed by atoms with E-state index in [0.717, 1.165) is 10.5 Å². The molecule has 2 heterocycles. The first kappa shape index (κ1) is 23.1. The molecule has 172 valence electrons. The van der Waals surface area contributed by atoms with Crippen molar-refractivity contribution >= 4 is 40.8 Å². The zero-order chi connectivity index (χ0) is 24.1. The molecule has 2 aromatic carbocycles. The van der Waals surface area contributed by atoms with Crippen molar-refractivity contribution in [2.24, 2.45) is 0 Å². The van der Waals surface area contributed by atoms with Crippen molar-refractivity contribution < 1.29 is 14.3 Å². The van der Waals surface area contributed by atoms with E-state index in [0.29, 0.717) is 34.0 Å². The van der Waals surface area contributed by atoms with Crippen LogP contribution >= 0.6 is 11.8 Å². The SMILES string of the molecule is COC(=O)c1ccc(NC(=O)Nc2ccccc2SCc2cc(=O)n3cc(C)ccc3n2)cc1. The van der Waals surface area contributed by atoms with Gasteiger partial charge in [0, 0.05) is 28.6 Å². The molecule has 2 amide bonds. The summed E-state index contributed by atoms with van der Waals surface area (Å²) in [5.74, 6) is 0.0234. The van der Waals surface area contributed by atoms with E-state index in [2.05, 4.69) is 20.4 Å². The molecule has 0 saturated heterocycles. The number of benzene rings is 2. The average Bonchev–Trinajstić information content (AvgIpc) is 2.84. The number of nitrogens with zero attached hydrogens (tertiary/aromatic N) is 2. The highest BCUT2D eigenvalue weighted by atomic mass is 32.2. The summed E-state index contributed by atoms with van der Waals surface area (Å²) in [4.78, 5) is 41.9. The average molecular weight is 475 g/mol. The number of carbonyl (C=O) groups excluding carboxylic acids is 2. The van der Waals surface area contributed by atoms with Crippen LogP contribution in [0.2, 0.25) is 0 Å². The van der Waals surface area contributed by atoms with Crippen LogP contribution in [-0.4, -0.2) is 28.5 Å². The highest BCUT2D eigenvalue weighted by molar-refractivity contribution is 7.98. The van der Waals surface area contributed by atoms with Gasteiger partial charge in [-0.1, -0.05) is 18.2 Å². The van der Waals surface area contributed by atoms with E-state index in [1.165, 1.54) is 29.3 Å². The molecule has 8 nitrogen and oxygen atoms in total. The molecule has 4 rings (SSSR count). The third-order valence-electron chi connectivity index (χ3n) is 4.94. The van der Waals surface area contributed by atoms with Gasteiger partial charge in [0.25, 0.3) is 5.56 Å². The number of urea groups is 1. The summed E-state index contributed by atoms with van der Waals surface area (Å²) in [5, 5.41) is 5.58. The lowest BCUT2D eigenvalue weighted by Gasteiger charge is -2.12. The van der Waals surface area contributed by atoms with E-state index < -0.39 is 12.0 Å². The van der Waals surface area contributed by atoms with Crippen LogP contribution < -0.4 is 16.2 Å². The highest BCUT2D eigenvalue weighted by Crippen LogP contribution is 2.29. The molecular weight excluding hydrogens is 452 g/mol. The third-order valence-corrected chi connectivity index (χ3v) is 6.04. The fraction of sp³-hybridized carbons (Fsp3) is 0.120. The number of methoxy groups -OCH3 is 1. The Morgan fingerprint density at radius 3 is 2.56 bits per heavy atom. The van der Waals surface area contributed by atoms with Gasteiger partial charge in [0.1, 0.15) is 5.65 Å². The molecule has 9 heteroatoms. The van der Waals surface area contributed by atoms with Gasteiger partial charge >= 0.3 is 12.0 Å². The summed E-state index contributed by atoms with van der Waals surface area (Å²) in [6.45, 7) is 1.92. The van der Waals surface area contributed by atoms with Crippen molar-refractivity contribution in [1.82, 2.24) is 9.38 Å². The van der Waals surface area contributed by atoms with Crippen molar-refractivity contribution in [3.8, 4) is 0 Å². The number of amides is 2. The summed E-state index contributed by atoms with van der Waals surface area (Å²) >= 11 is 1.47. The summed E-state index contributed by atoms with van der Waals surface area (Å²) in [6, 6.07) is 18.6. The van der Waals surface area contributed by atoms with Gasteiger partial charge < -0.3 is 15.4 Å². The van der Waals surface area contributed by atoms with Gasteiger partial charge in [-0.15, -0.1) is 11.8 Å². The number of rotatable bonds is 6. The van der Waals surface area contributed by atoms with Gasteiger partial charge in [-0.05, 0) is 55.0 Å². The monoisotopic (exact) mass is 474 g/mol. The minimum absolute atomic E-state index is 0.131. The van der Waals surface area contributed by atoms with E-state index in [-0.39, 0.29) is 5.56 Å². The molecule has 34 heavy (non-hydrogen) atoms. The maximum absolute atomic E-state index is 12.5. The van der Waals surface area contributed by atoms with Crippen LogP contribution in [0.3, 0.4) is 0 Å². The number of thioether (sulfide) groups is 1. The number of pyridine rings is 1. The minimum Gasteiger partial charge on any atom is -0.465 e. The fourth-order valence-corrected chi connectivity index (χ4v) is 4.17. The predicted octanol–water partition coefficient (Wildman–Crippen LogP) is 4.73. The van der Waals surface area contributed by atoms with Crippen molar-refractivity contribution in [2.75, 3.05) is 17.7 Å². The van der Waals surface area contributed by atoms with E-state index in [1.54, 1.807) is 36.5 Å². The predicted molar refractivity (Wildman–Crippen MR) is 133 cm³/mol. The molecular formula is C25H22N4O4S. The summed E-state index contributed by atoms with van der Waals surface area (Å²) in [7, 11) is 1.31. The Morgan fingerprint density at radius 2 is 1.79 bits per heavy atom. The van der Waals surface area contributed by atoms with E-state index in [1.807, 2.05) is 37.3 Å².